The molecular formula is C21H20N8O. The van der Waals surface area contributed by atoms with Crippen LogP contribution in [0, 0.1) is 11.8 Å². The second-order valence-electron chi connectivity index (χ2n) is 6.86. The van der Waals surface area contributed by atoms with Crippen LogP contribution in [0.5, 0.6) is 0 Å². The van der Waals surface area contributed by atoms with Crippen molar-refractivity contribution in [2.24, 2.45) is 0 Å². The zero-order valence-electron chi connectivity index (χ0n) is 16.9. The van der Waals surface area contributed by atoms with Gasteiger partial charge in [0.2, 0.25) is 11.8 Å². The predicted octanol–water partition coefficient (Wildman–Crippen LogP) is 1.99. The van der Waals surface area contributed by atoms with Gasteiger partial charge in [-0.25, -0.2) is 9.97 Å². The van der Waals surface area contributed by atoms with Crippen LogP contribution in [0.15, 0.2) is 47.8 Å². The molecule has 0 aromatic carbocycles. The first kappa shape index (κ1) is 19.3. The Bertz CT molecular complexity index is 1240. The number of nitrogens with zero attached hydrogens (tertiary/aromatic N) is 7. The molecule has 150 valence electrons. The van der Waals surface area contributed by atoms with E-state index in [0.29, 0.717) is 22.7 Å². The van der Waals surface area contributed by atoms with Crippen molar-refractivity contribution in [1.29, 1.82) is 0 Å². The highest BCUT2D eigenvalue weighted by molar-refractivity contribution is 6.05. The number of nitrogens with one attached hydrogen (secondary N) is 1. The molecule has 0 fully saturated rings. The van der Waals surface area contributed by atoms with Crippen molar-refractivity contribution in [3.05, 3.63) is 59.3 Å². The maximum atomic E-state index is 12.5. The highest BCUT2D eigenvalue weighted by Gasteiger charge is 2.15. The summed E-state index contributed by atoms with van der Waals surface area (Å²) in [5.74, 6) is 6.31. The zero-order chi connectivity index (χ0) is 21.1. The molecule has 3 heterocycles. The van der Waals surface area contributed by atoms with Gasteiger partial charge < -0.3 is 4.90 Å². The summed E-state index contributed by atoms with van der Waals surface area (Å²) in [6, 6.07) is 3.58. The van der Waals surface area contributed by atoms with Crippen LogP contribution in [0.4, 0.5) is 11.6 Å². The Morgan fingerprint density at radius 2 is 2.17 bits per heavy atom. The molecule has 0 saturated carbocycles. The SMILES string of the molecule is CCC1=CC(C(=O)Nc2ncc(N(C)C)c(C#Cc3nnc4cccnn34)n2)=CC1. The number of amides is 1. The molecule has 0 radical (unpaired) electrons. The van der Waals surface area contributed by atoms with Gasteiger partial charge in [0, 0.05) is 25.9 Å². The van der Waals surface area contributed by atoms with Gasteiger partial charge in [-0.3, -0.25) is 10.1 Å². The monoisotopic (exact) mass is 400 g/mol. The minimum Gasteiger partial charge on any atom is -0.374 e. The van der Waals surface area contributed by atoms with Gasteiger partial charge in [0.05, 0.1) is 11.9 Å². The number of hydrogen-bond acceptors (Lipinski definition) is 7. The van der Waals surface area contributed by atoms with E-state index in [1.807, 2.05) is 31.1 Å². The Morgan fingerprint density at radius 1 is 1.30 bits per heavy atom. The van der Waals surface area contributed by atoms with Crippen molar-refractivity contribution in [2.75, 3.05) is 24.3 Å². The Kier molecular flexibility index (Phi) is 5.22. The first-order chi connectivity index (χ1) is 14.5. The lowest BCUT2D eigenvalue weighted by Gasteiger charge is -2.14. The molecule has 0 bridgehead atoms. The van der Waals surface area contributed by atoms with Crippen molar-refractivity contribution in [2.45, 2.75) is 19.8 Å². The summed E-state index contributed by atoms with van der Waals surface area (Å²) in [7, 11) is 3.74. The summed E-state index contributed by atoms with van der Waals surface area (Å²) in [6.07, 6.45) is 8.81. The van der Waals surface area contributed by atoms with Crippen LogP contribution in [0.3, 0.4) is 0 Å². The number of carbonyl (C=O) groups excluding carboxylic acids is 1. The Balaban J connectivity index is 1.63. The van der Waals surface area contributed by atoms with E-state index in [1.165, 1.54) is 5.57 Å². The minimum atomic E-state index is -0.234. The molecule has 0 spiro atoms. The molecule has 3 aromatic rings. The number of rotatable bonds is 4. The van der Waals surface area contributed by atoms with Crippen LogP contribution in [0.2, 0.25) is 0 Å². The van der Waals surface area contributed by atoms with Gasteiger partial charge in [-0.2, -0.15) is 9.61 Å². The quantitative estimate of drug-likeness (QED) is 0.668. The van der Waals surface area contributed by atoms with Crippen LogP contribution in [0.1, 0.15) is 31.3 Å². The summed E-state index contributed by atoms with van der Waals surface area (Å²) in [5.41, 5.74) is 3.64. The van der Waals surface area contributed by atoms with E-state index >= 15 is 0 Å². The fraction of sp³-hybridized carbons (Fsp3) is 0.238. The summed E-state index contributed by atoms with van der Waals surface area (Å²) in [5, 5.41) is 15.1. The molecule has 0 aliphatic heterocycles. The summed E-state index contributed by atoms with van der Waals surface area (Å²) in [4.78, 5) is 23.1. The van der Waals surface area contributed by atoms with E-state index in [4.69, 9.17) is 0 Å². The minimum absolute atomic E-state index is 0.193. The van der Waals surface area contributed by atoms with Gasteiger partial charge in [0.15, 0.2) is 5.65 Å². The second kappa shape index (κ2) is 8.13. The first-order valence-electron chi connectivity index (χ1n) is 9.49. The Hall–Kier alpha value is -4.06. The standard InChI is InChI=1S/C21H20N8O/c1-4-14-7-8-15(12-14)20(30)25-21-22-13-17(28(2)3)16(24-21)9-10-19-27-26-18-6-5-11-23-29(18)19/h5-6,8,11-13H,4,7H2,1-3H3,(H,22,24,25,30). The molecular weight excluding hydrogens is 380 g/mol. The molecule has 3 aromatic heterocycles. The largest absolute Gasteiger partial charge is 0.374 e. The van der Waals surface area contributed by atoms with Crippen molar-refractivity contribution >= 4 is 23.2 Å². The van der Waals surface area contributed by atoms with E-state index in [-0.39, 0.29) is 11.9 Å². The lowest BCUT2D eigenvalue weighted by Crippen LogP contribution is -2.17. The van der Waals surface area contributed by atoms with E-state index in [9.17, 15) is 4.79 Å². The maximum absolute atomic E-state index is 12.5. The Labute approximate surface area is 173 Å². The second-order valence-corrected chi connectivity index (χ2v) is 6.86. The maximum Gasteiger partial charge on any atom is 0.257 e. The van der Waals surface area contributed by atoms with Crippen LogP contribution >= 0.6 is 0 Å². The normalized spacial score (nSPS) is 12.8. The molecule has 4 rings (SSSR count). The van der Waals surface area contributed by atoms with Crippen LogP contribution in [-0.4, -0.2) is 49.8 Å². The molecule has 0 saturated heterocycles. The molecule has 1 aliphatic carbocycles. The summed E-state index contributed by atoms with van der Waals surface area (Å²) >= 11 is 0. The van der Waals surface area contributed by atoms with Crippen LogP contribution < -0.4 is 10.2 Å². The van der Waals surface area contributed by atoms with Gasteiger partial charge >= 0.3 is 0 Å². The number of hydrogen-bond donors (Lipinski definition) is 1. The highest BCUT2D eigenvalue weighted by Crippen LogP contribution is 2.21. The molecule has 1 N–H and O–H groups in total. The lowest BCUT2D eigenvalue weighted by molar-refractivity contribution is -0.112. The lowest BCUT2D eigenvalue weighted by atomic mass is 10.2. The van der Waals surface area contributed by atoms with Crippen molar-refractivity contribution in [3.8, 4) is 11.8 Å². The molecule has 0 unspecified atom stereocenters. The van der Waals surface area contributed by atoms with Gasteiger partial charge in [-0.05, 0) is 36.8 Å². The van der Waals surface area contributed by atoms with E-state index in [1.54, 1.807) is 29.0 Å². The van der Waals surface area contributed by atoms with Crippen LogP contribution in [0.25, 0.3) is 5.65 Å². The average molecular weight is 400 g/mol. The third-order valence-corrected chi connectivity index (χ3v) is 4.61. The van der Waals surface area contributed by atoms with Crippen LogP contribution in [-0.2, 0) is 4.79 Å². The first-order valence-corrected chi connectivity index (χ1v) is 9.49. The fourth-order valence-corrected chi connectivity index (χ4v) is 2.95. The number of anilines is 2. The summed E-state index contributed by atoms with van der Waals surface area (Å²) in [6.45, 7) is 2.07. The molecule has 1 aliphatic rings. The molecule has 0 atom stereocenters. The van der Waals surface area contributed by atoms with Crippen molar-refractivity contribution in [3.63, 3.8) is 0 Å². The topological polar surface area (TPSA) is 101 Å². The van der Waals surface area contributed by atoms with Gasteiger partial charge in [-0.1, -0.05) is 24.6 Å². The molecule has 1 amide bonds. The van der Waals surface area contributed by atoms with Gasteiger partial charge in [0.25, 0.3) is 5.91 Å². The summed E-state index contributed by atoms with van der Waals surface area (Å²) < 4.78 is 1.55. The van der Waals surface area contributed by atoms with E-state index in [0.717, 1.165) is 18.5 Å². The Morgan fingerprint density at radius 3 is 2.93 bits per heavy atom. The van der Waals surface area contributed by atoms with Gasteiger partial charge in [-0.15, -0.1) is 10.2 Å². The number of carbonyl (C=O) groups is 1. The average Bonchev–Trinajstić information content (AvgIpc) is 3.39. The fourth-order valence-electron chi connectivity index (χ4n) is 2.95. The number of fused-ring (bicyclic) bond motifs is 1. The third-order valence-electron chi connectivity index (χ3n) is 4.61. The van der Waals surface area contributed by atoms with E-state index < -0.39 is 0 Å². The predicted molar refractivity (Wildman–Crippen MR) is 113 cm³/mol. The van der Waals surface area contributed by atoms with Crippen molar-refractivity contribution < 1.29 is 4.79 Å². The molecule has 9 heteroatoms. The zero-order valence-corrected chi connectivity index (χ0v) is 16.9. The third kappa shape index (κ3) is 3.89. The van der Waals surface area contributed by atoms with Gasteiger partial charge in [0.1, 0.15) is 5.69 Å². The molecule has 9 nitrogen and oxygen atoms in total. The number of aromatic nitrogens is 6. The highest BCUT2D eigenvalue weighted by atomic mass is 16.1. The van der Waals surface area contributed by atoms with E-state index in [2.05, 4.69) is 49.3 Å². The smallest absolute Gasteiger partial charge is 0.257 e. The number of allylic oxidation sites excluding steroid dienone is 2. The van der Waals surface area contributed by atoms with Crippen molar-refractivity contribution in [1.82, 2.24) is 29.8 Å². The molecule has 30 heavy (non-hydrogen) atoms.